The smallest absolute Gasteiger partial charge is 0.0463 e. The van der Waals surface area contributed by atoms with Gasteiger partial charge >= 0.3 is 0 Å². The SMILES string of the molecule is CC(C)(C)c1ccc(-c2ccc(N(c3ccc(-c4ccc(C(C)(C)C)cc4)cc3)c3ccc(N(c4ccc(N(c5ccc(-c6ccc(C(C)(C)C)cc6)cc5)c5ccc(-c6ccc(C(C)(C)C)cc6)cc5)cc4)c4ccc(N(c5ccc(-c6ccc(C(C)(C)C)cc6)cc5)c5ccc(-c6ccc(C(C)(C)C)cc6)cc5)cc4)cc3)cc2)cc1. The van der Waals surface area contributed by atoms with Gasteiger partial charge in [0.15, 0.2) is 0 Å². The molecule has 590 valence electrons. The van der Waals surface area contributed by atoms with Crippen LogP contribution in [0, 0.1) is 0 Å². The van der Waals surface area contributed by atoms with Gasteiger partial charge in [-0.2, -0.15) is 0 Å². The Morgan fingerprint density at radius 3 is 0.246 bits per heavy atom. The van der Waals surface area contributed by atoms with Crippen molar-refractivity contribution in [3.63, 3.8) is 0 Å². The molecule has 0 bridgehead atoms. The van der Waals surface area contributed by atoms with E-state index in [2.05, 4.69) is 508 Å². The Labute approximate surface area is 704 Å². The lowest BCUT2D eigenvalue weighted by Gasteiger charge is -2.30. The number of hydrogen-bond acceptors (Lipinski definition) is 4. The van der Waals surface area contributed by atoms with E-state index in [0.717, 1.165) is 68.2 Å². The molecule has 15 aromatic rings. The molecule has 0 unspecified atom stereocenters. The largest absolute Gasteiger partial charge is 0.311 e. The van der Waals surface area contributed by atoms with Crippen LogP contribution in [0.4, 0.5) is 68.2 Å². The molecule has 0 amide bonds. The van der Waals surface area contributed by atoms with E-state index < -0.39 is 0 Å². The van der Waals surface area contributed by atoms with E-state index in [-0.39, 0.29) is 32.5 Å². The lowest BCUT2D eigenvalue weighted by molar-refractivity contribution is 0.590. The normalized spacial score (nSPS) is 12.2. The zero-order valence-corrected chi connectivity index (χ0v) is 72.4. The summed E-state index contributed by atoms with van der Waals surface area (Å²) in [5.41, 5.74) is 35.0. The molecule has 0 aliphatic heterocycles. The predicted octanol–water partition coefficient (Wildman–Crippen LogP) is 33.4. The van der Waals surface area contributed by atoms with Crippen molar-refractivity contribution in [1.29, 1.82) is 0 Å². The first-order valence-corrected chi connectivity index (χ1v) is 42.0. The molecule has 15 aromatic carbocycles. The van der Waals surface area contributed by atoms with Crippen molar-refractivity contribution in [2.45, 2.75) is 157 Å². The van der Waals surface area contributed by atoms with Gasteiger partial charge < -0.3 is 19.6 Å². The van der Waals surface area contributed by atoms with Crippen LogP contribution in [0.1, 0.15) is 158 Å². The molecule has 15 rings (SSSR count). The molecule has 0 heterocycles. The topological polar surface area (TPSA) is 13.0 Å². The highest BCUT2D eigenvalue weighted by Gasteiger charge is 2.25. The van der Waals surface area contributed by atoms with Crippen LogP contribution in [0.3, 0.4) is 0 Å². The van der Waals surface area contributed by atoms with Gasteiger partial charge in [0.1, 0.15) is 0 Å². The van der Waals surface area contributed by atoms with Crippen molar-refractivity contribution < 1.29 is 0 Å². The molecule has 0 fully saturated rings. The van der Waals surface area contributed by atoms with Gasteiger partial charge in [-0.05, 0) is 278 Å². The maximum Gasteiger partial charge on any atom is 0.0463 e. The molecular formula is C114H114N4. The van der Waals surface area contributed by atoms with E-state index in [9.17, 15) is 0 Å². The van der Waals surface area contributed by atoms with Gasteiger partial charge in [0.2, 0.25) is 0 Å². The first-order valence-electron chi connectivity index (χ1n) is 42.0. The summed E-state index contributed by atoms with van der Waals surface area (Å²) in [5.74, 6) is 0. The minimum absolute atomic E-state index is 0.0638. The van der Waals surface area contributed by atoms with Gasteiger partial charge in [-0.25, -0.2) is 0 Å². The summed E-state index contributed by atoms with van der Waals surface area (Å²) in [5, 5.41) is 0. The second-order valence-electron chi connectivity index (χ2n) is 38.1. The van der Waals surface area contributed by atoms with Crippen LogP contribution in [0.5, 0.6) is 0 Å². The van der Waals surface area contributed by atoms with Gasteiger partial charge in [-0.15, -0.1) is 0 Å². The van der Waals surface area contributed by atoms with Gasteiger partial charge in [0.05, 0.1) is 0 Å². The first-order chi connectivity index (χ1) is 56.2. The average molecular weight is 1540 g/mol. The van der Waals surface area contributed by atoms with Crippen LogP contribution in [0.25, 0.3) is 66.8 Å². The quantitative estimate of drug-likeness (QED) is 0.0849. The summed E-state index contributed by atoms with van der Waals surface area (Å²) in [4.78, 5) is 9.55. The Hall–Kier alpha value is -12.5. The summed E-state index contributed by atoms with van der Waals surface area (Å²) in [6.07, 6.45) is 0. The molecule has 0 N–H and O–H groups in total. The van der Waals surface area contributed by atoms with E-state index in [1.54, 1.807) is 0 Å². The van der Waals surface area contributed by atoms with Crippen LogP contribution in [-0.4, -0.2) is 0 Å². The van der Waals surface area contributed by atoms with E-state index >= 15 is 0 Å². The van der Waals surface area contributed by atoms with Crippen LogP contribution >= 0.6 is 0 Å². The Balaban J connectivity index is 0.837. The molecule has 0 saturated carbocycles. The minimum atomic E-state index is 0.0638. The first kappa shape index (κ1) is 80.7. The van der Waals surface area contributed by atoms with E-state index in [0.29, 0.717) is 0 Å². The van der Waals surface area contributed by atoms with Crippen molar-refractivity contribution >= 4 is 68.2 Å². The molecule has 118 heavy (non-hydrogen) atoms. The monoisotopic (exact) mass is 1540 g/mol. The standard InChI is InChI=1S/C114H114N4/c1-109(2,3)91-43-19-79(20-44-91)85-31-55-97(56-32-85)115(98-57-33-86(34-58-98)80-21-45-92(46-22-80)110(4,5)6)103-67-73-106(74-68-103)118(107-75-69-104(70-76-107)116(99-59-35-87(36-60-99)81-23-47-93(48-24-81)111(7,8)9)100-61-37-88(38-62-100)82-25-49-94(50-26-82)112(10,11)12)108-77-71-105(72-78-108)117(101-63-39-89(40-64-101)83-27-51-95(52-28-83)113(13,14)15)102-65-41-90(42-66-102)84-29-53-96(54-30-84)114(16,17)18/h19-78H,1-18H3. The van der Waals surface area contributed by atoms with Crippen molar-refractivity contribution in [1.82, 2.24) is 0 Å². The molecule has 0 atom stereocenters. The van der Waals surface area contributed by atoms with E-state index in [4.69, 9.17) is 0 Å². The van der Waals surface area contributed by atoms with Gasteiger partial charge in [0.25, 0.3) is 0 Å². The van der Waals surface area contributed by atoms with Crippen LogP contribution in [-0.2, 0) is 32.5 Å². The fourth-order valence-electron chi connectivity index (χ4n) is 15.8. The van der Waals surface area contributed by atoms with Gasteiger partial charge in [-0.3, -0.25) is 0 Å². The fraction of sp³-hybridized carbons (Fsp3) is 0.211. The summed E-state index contributed by atoms with van der Waals surface area (Å²) in [6.45, 7) is 40.9. The number of benzene rings is 15. The van der Waals surface area contributed by atoms with Crippen molar-refractivity contribution in [3.8, 4) is 66.8 Å². The number of nitrogens with zero attached hydrogens (tertiary/aromatic N) is 4. The molecule has 0 aromatic heterocycles. The zero-order valence-electron chi connectivity index (χ0n) is 72.4. The van der Waals surface area contributed by atoms with Crippen molar-refractivity contribution in [3.05, 3.63) is 397 Å². The molecule has 4 nitrogen and oxygen atoms in total. The molecular weight excluding hydrogens is 1430 g/mol. The second-order valence-corrected chi connectivity index (χ2v) is 38.1. The Morgan fingerprint density at radius 2 is 0.169 bits per heavy atom. The Morgan fingerprint density at radius 1 is 0.102 bits per heavy atom. The Bertz CT molecular complexity index is 4970. The molecule has 0 aliphatic carbocycles. The molecule has 0 radical (unpaired) electrons. The minimum Gasteiger partial charge on any atom is -0.311 e. The predicted molar refractivity (Wildman–Crippen MR) is 510 cm³/mol. The summed E-state index contributed by atoms with van der Waals surface area (Å²) in [6, 6.07) is 136. The summed E-state index contributed by atoms with van der Waals surface area (Å²) >= 11 is 0. The van der Waals surface area contributed by atoms with E-state index in [1.165, 1.54) is 100 Å². The summed E-state index contributed by atoms with van der Waals surface area (Å²) < 4.78 is 0. The van der Waals surface area contributed by atoms with Gasteiger partial charge in [0, 0.05) is 68.2 Å². The van der Waals surface area contributed by atoms with Crippen LogP contribution in [0.2, 0.25) is 0 Å². The lowest BCUT2D eigenvalue weighted by atomic mass is 9.86. The van der Waals surface area contributed by atoms with E-state index in [1.807, 2.05) is 0 Å². The molecule has 0 saturated heterocycles. The fourth-order valence-corrected chi connectivity index (χ4v) is 15.8. The van der Waals surface area contributed by atoms with Crippen molar-refractivity contribution in [2.24, 2.45) is 0 Å². The maximum atomic E-state index is 2.40. The molecule has 4 heteroatoms. The third-order valence-corrected chi connectivity index (χ3v) is 23.4. The second kappa shape index (κ2) is 32.5. The van der Waals surface area contributed by atoms with Gasteiger partial charge in [-0.1, -0.05) is 343 Å². The number of hydrogen-bond donors (Lipinski definition) is 0. The number of rotatable bonds is 18. The van der Waals surface area contributed by atoms with Crippen LogP contribution < -0.4 is 19.6 Å². The highest BCUT2D eigenvalue weighted by Crippen LogP contribution is 2.46. The average Bonchev–Trinajstić information content (AvgIpc) is 0.777. The van der Waals surface area contributed by atoms with Crippen molar-refractivity contribution in [2.75, 3.05) is 19.6 Å². The Kier molecular flexibility index (Phi) is 22.2. The summed E-state index contributed by atoms with van der Waals surface area (Å²) in [7, 11) is 0. The van der Waals surface area contributed by atoms with Crippen LogP contribution in [0.15, 0.2) is 364 Å². The highest BCUT2D eigenvalue weighted by atomic mass is 15.2. The number of anilines is 12. The highest BCUT2D eigenvalue weighted by molar-refractivity contribution is 5.88. The third kappa shape index (κ3) is 18.0. The molecule has 0 aliphatic rings. The lowest BCUT2D eigenvalue weighted by Crippen LogP contribution is -2.14. The molecule has 0 spiro atoms. The maximum absolute atomic E-state index is 2.40. The zero-order chi connectivity index (χ0) is 83.1. The third-order valence-electron chi connectivity index (χ3n) is 23.4.